The number of thioether (sulfide) groups is 1. The van der Waals surface area contributed by atoms with Crippen LogP contribution in [0, 0.1) is 6.92 Å². The van der Waals surface area contributed by atoms with Crippen LogP contribution in [0.1, 0.15) is 11.4 Å². The minimum absolute atomic E-state index is 0.153. The molecule has 2 aromatic carbocycles. The molecule has 8 heteroatoms. The van der Waals surface area contributed by atoms with Crippen LogP contribution >= 0.6 is 11.8 Å². The van der Waals surface area contributed by atoms with Gasteiger partial charge in [-0.25, -0.2) is 4.98 Å². The number of rotatable bonds is 5. The van der Waals surface area contributed by atoms with Gasteiger partial charge in [-0.3, -0.25) is 4.79 Å². The Morgan fingerprint density at radius 2 is 2.00 bits per heavy atom. The van der Waals surface area contributed by atoms with Gasteiger partial charge in [-0.1, -0.05) is 36.0 Å². The summed E-state index contributed by atoms with van der Waals surface area (Å²) in [5, 5.41) is 9.11. The number of para-hydroxylation sites is 2. The zero-order valence-corrected chi connectivity index (χ0v) is 15.5. The molecule has 0 radical (unpaired) electrons. The molecule has 0 spiro atoms. The number of H-pyrrole nitrogens is 1. The van der Waals surface area contributed by atoms with Gasteiger partial charge < -0.3 is 14.1 Å². The van der Waals surface area contributed by atoms with E-state index in [1.54, 1.807) is 13.2 Å². The number of aryl methyl sites for hydroxylation is 1. The number of nitrogens with zero attached hydrogens (tertiary/aromatic N) is 3. The van der Waals surface area contributed by atoms with Gasteiger partial charge in [-0.15, -0.1) is 10.2 Å². The van der Waals surface area contributed by atoms with Crippen LogP contribution in [0.5, 0.6) is 5.75 Å². The number of aromatic nitrogens is 4. The topological polar surface area (TPSA) is 93.9 Å². The Morgan fingerprint density at radius 3 is 2.85 bits per heavy atom. The fourth-order valence-electron chi connectivity index (χ4n) is 2.75. The summed E-state index contributed by atoms with van der Waals surface area (Å²) in [4.78, 5) is 19.6. The van der Waals surface area contributed by atoms with Crippen molar-refractivity contribution in [2.24, 2.45) is 0 Å². The molecule has 0 fully saturated rings. The van der Waals surface area contributed by atoms with Crippen LogP contribution in [-0.2, 0) is 5.75 Å². The van der Waals surface area contributed by atoms with Crippen LogP contribution in [-0.4, -0.2) is 27.3 Å². The first kappa shape index (κ1) is 17.3. The molecule has 0 atom stereocenters. The molecule has 0 saturated carbocycles. The van der Waals surface area contributed by atoms with Crippen molar-refractivity contribution in [3.63, 3.8) is 0 Å². The Bertz CT molecular complexity index is 1170. The van der Waals surface area contributed by atoms with Crippen molar-refractivity contribution in [2.75, 3.05) is 7.11 Å². The van der Waals surface area contributed by atoms with Crippen molar-refractivity contribution < 1.29 is 9.15 Å². The summed E-state index contributed by atoms with van der Waals surface area (Å²) in [5.41, 5.74) is 2.24. The summed E-state index contributed by atoms with van der Waals surface area (Å²) in [6.07, 6.45) is 0. The third-order valence-electron chi connectivity index (χ3n) is 4.06. The van der Waals surface area contributed by atoms with Crippen LogP contribution < -0.4 is 10.3 Å². The van der Waals surface area contributed by atoms with Gasteiger partial charge in [0.1, 0.15) is 11.6 Å². The van der Waals surface area contributed by atoms with Crippen molar-refractivity contribution in [1.82, 2.24) is 20.2 Å². The molecule has 0 aliphatic rings. The maximum Gasteiger partial charge on any atom is 0.277 e. The number of fused-ring (bicyclic) bond motifs is 1. The van der Waals surface area contributed by atoms with Gasteiger partial charge >= 0.3 is 0 Å². The van der Waals surface area contributed by atoms with Crippen molar-refractivity contribution in [2.45, 2.75) is 17.9 Å². The molecular weight excluding hydrogens is 364 g/mol. The van der Waals surface area contributed by atoms with E-state index in [1.807, 2.05) is 43.3 Å². The predicted molar refractivity (Wildman–Crippen MR) is 103 cm³/mol. The largest absolute Gasteiger partial charge is 0.496 e. The van der Waals surface area contributed by atoms with Crippen molar-refractivity contribution >= 4 is 22.7 Å². The van der Waals surface area contributed by atoms with E-state index < -0.39 is 0 Å². The van der Waals surface area contributed by atoms with Gasteiger partial charge in [0.15, 0.2) is 0 Å². The quantitative estimate of drug-likeness (QED) is 0.529. The average molecular weight is 380 g/mol. The van der Waals surface area contributed by atoms with E-state index in [0.29, 0.717) is 39.3 Å². The van der Waals surface area contributed by atoms with Crippen LogP contribution in [0.4, 0.5) is 0 Å². The zero-order chi connectivity index (χ0) is 18.8. The molecule has 2 aromatic heterocycles. The minimum atomic E-state index is -0.153. The fraction of sp³-hybridized carbons (Fsp3) is 0.158. The standard InChI is InChI=1S/C19H16N4O3S/c1-11-6-5-8-13-16(11)20-15(21-17(13)24)10-27-19-23-22-18(26-19)12-7-3-4-9-14(12)25-2/h3-9H,10H2,1-2H3,(H,20,21,24). The van der Waals surface area contributed by atoms with Gasteiger partial charge in [-0.2, -0.15) is 0 Å². The monoisotopic (exact) mass is 380 g/mol. The second kappa shape index (κ2) is 7.24. The van der Waals surface area contributed by atoms with Crippen LogP contribution in [0.25, 0.3) is 22.4 Å². The predicted octanol–water partition coefficient (Wildman–Crippen LogP) is 3.58. The van der Waals surface area contributed by atoms with Crippen molar-refractivity contribution in [1.29, 1.82) is 0 Å². The Labute approximate surface area is 158 Å². The van der Waals surface area contributed by atoms with E-state index in [9.17, 15) is 4.79 Å². The second-order valence-electron chi connectivity index (χ2n) is 5.85. The van der Waals surface area contributed by atoms with E-state index in [1.165, 1.54) is 11.8 Å². The van der Waals surface area contributed by atoms with E-state index in [4.69, 9.17) is 9.15 Å². The lowest BCUT2D eigenvalue weighted by atomic mass is 10.1. The highest BCUT2D eigenvalue weighted by Gasteiger charge is 2.14. The van der Waals surface area contributed by atoms with Crippen molar-refractivity contribution in [3.8, 4) is 17.2 Å². The first-order valence-corrected chi connectivity index (χ1v) is 9.22. The molecule has 136 valence electrons. The molecule has 0 amide bonds. The van der Waals surface area contributed by atoms with Crippen molar-refractivity contribution in [3.05, 3.63) is 64.2 Å². The third-order valence-corrected chi connectivity index (χ3v) is 4.89. The molecular formula is C19H16N4O3S. The highest BCUT2D eigenvalue weighted by Crippen LogP contribution is 2.31. The Balaban J connectivity index is 1.56. The smallest absolute Gasteiger partial charge is 0.277 e. The van der Waals surface area contributed by atoms with E-state index >= 15 is 0 Å². The summed E-state index contributed by atoms with van der Waals surface area (Å²) in [5.74, 6) is 2.01. The lowest BCUT2D eigenvalue weighted by Gasteiger charge is -2.04. The molecule has 0 aliphatic carbocycles. The first-order chi connectivity index (χ1) is 13.2. The molecule has 7 nitrogen and oxygen atoms in total. The summed E-state index contributed by atoms with van der Waals surface area (Å²) < 4.78 is 11.0. The Morgan fingerprint density at radius 1 is 1.15 bits per heavy atom. The third kappa shape index (κ3) is 3.43. The molecule has 4 aromatic rings. The Hall–Kier alpha value is -3.13. The molecule has 0 bridgehead atoms. The van der Waals surface area contributed by atoms with E-state index in [2.05, 4.69) is 20.2 Å². The molecule has 0 aliphatic heterocycles. The lowest BCUT2D eigenvalue weighted by Crippen LogP contribution is -2.11. The molecule has 0 unspecified atom stereocenters. The molecule has 0 saturated heterocycles. The maximum absolute atomic E-state index is 12.3. The number of nitrogens with one attached hydrogen (secondary N) is 1. The van der Waals surface area contributed by atoms with Crippen LogP contribution in [0.15, 0.2) is 56.9 Å². The zero-order valence-electron chi connectivity index (χ0n) is 14.7. The second-order valence-corrected chi connectivity index (χ2v) is 6.77. The average Bonchev–Trinajstić information content (AvgIpc) is 3.16. The van der Waals surface area contributed by atoms with Gasteiger partial charge in [-0.05, 0) is 30.7 Å². The number of aromatic amines is 1. The summed E-state index contributed by atoms with van der Waals surface area (Å²) in [7, 11) is 1.59. The molecule has 1 N–H and O–H groups in total. The van der Waals surface area contributed by atoms with E-state index in [0.717, 1.165) is 11.1 Å². The SMILES string of the molecule is COc1ccccc1-c1nnc(SCc2nc3c(C)cccc3c(=O)[nH]2)o1. The van der Waals surface area contributed by atoms with Gasteiger partial charge in [0.25, 0.3) is 16.7 Å². The number of benzene rings is 2. The van der Waals surface area contributed by atoms with Crippen LogP contribution in [0.3, 0.4) is 0 Å². The lowest BCUT2D eigenvalue weighted by molar-refractivity contribution is 0.411. The summed E-state index contributed by atoms with van der Waals surface area (Å²) in [6.45, 7) is 1.93. The highest BCUT2D eigenvalue weighted by atomic mass is 32.2. The number of hydrogen-bond donors (Lipinski definition) is 1. The van der Waals surface area contributed by atoms with Crippen LogP contribution in [0.2, 0.25) is 0 Å². The van der Waals surface area contributed by atoms with Gasteiger partial charge in [0.05, 0.1) is 29.3 Å². The molecule has 2 heterocycles. The number of methoxy groups -OCH3 is 1. The molecule has 4 rings (SSSR count). The number of hydrogen-bond acceptors (Lipinski definition) is 7. The minimum Gasteiger partial charge on any atom is -0.496 e. The Kier molecular flexibility index (Phi) is 4.64. The maximum atomic E-state index is 12.3. The van der Waals surface area contributed by atoms with E-state index in [-0.39, 0.29) is 5.56 Å². The van der Waals surface area contributed by atoms with Gasteiger partial charge in [0.2, 0.25) is 0 Å². The first-order valence-electron chi connectivity index (χ1n) is 8.24. The normalized spacial score (nSPS) is 11.0. The summed E-state index contributed by atoms with van der Waals surface area (Å²) >= 11 is 1.31. The highest BCUT2D eigenvalue weighted by molar-refractivity contribution is 7.98. The number of ether oxygens (including phenoxy) is 1. The molecule has 27 heavy (non-hydrogen) atoms. The summed E-state index contributed by atoms with van der Waals surface area (Å²) in [6, 6.07) is 13.0. The van der Waals surface area contributed by atoms with Gasteiger partial charge in [0, 0.05) is 0 Å². The fourth-order valence-corrected chi connectivity index (χ4v) is 3.38.